The molecule has 2 aliphatic carbocycles. The average molecular weight is 310 g/mol. The van der Waals surface area contributed by atoms with Crippen molar-refractivity contribution in [3.63, 3.8) is 0 Å². The van der Waals surface area contributed by atoms with E-state index in [2.05, 4.69) is 6.92 Å². The summed E-state index contributed by atoms with van der Waals surface area (Å²) in [6, 6.07) is 0. The molecule has 4 atom stereocenters. The summed E-state index contributed by atoms with van der Waals surface area (Å²) in [4.78, 5) is 22.8. The highest BCUT2D eigenvalue weighted by molar-refractivity contribution is 5.66. The molecule has 2 saturated carbocycles. The van der Waals surface area contributed by atoms with Crippen LogP contribution < -0.4 is 0 Å². The Hall–Kier alpha value is -1.06. The molecular formula is C18H30O4. The molecule has 0 saturated heterocycles. The highest BCUT2D eigenvalue weighted by Crippen LogP contribution is 2.54. The monoisotopic (exact) mass is 310 g/mol. The quantitative estimate of drug-likeness (QED) is 0.743. The van der Waals surface area contributed by atoms with Crippen LogP contribution in [0.4, 0.5) is 0 Å². The van der Waals surface area contributed by atoms with Crippen molar-refractivity contribution in [2.45, 2.75) is 84.8 Å². The van der Waals surface area contributed by atoms with Crippen molar-refractivity contribution < 1.29 is 19.1 Å². The van der Waals surface area contributed by atoms with Crippen LogP contribution in [-0.4, -0.2) is 23.6 Å². The van der Waals surface area contributed by atoms with E-state index in [9.17, 15) is 9.59 Å². The molecule has 126 valence electrons. The molecule has 0 aromatic rings. The van der Waals surface area contributed by atoms with Crippen LogP contribution in [0.25, 0.3) is 0 Å². The number of hydrogen-bond donors (Lipinski definition) is 0. The average Bonchev–Trinajstić information content (AvgIpc) is 2.35. The Bertz CT molecular complexity index is 442. The zero-order valence-corrected chi connectivity index (χ0v) is 14.6. The van der Waals surface area contributed by atoms with Gasteiger partial charge in [0.1, 0.15) is 11.7 Å². The highest BCUT2D eigenvalue weighted by Gasteiger charge is 2.50. The first kappa shape index (κ1) is 17.3. The SMILES string of the molecule is CC(=O)O[C@H]1CCC[C@]2(C)CC[C@@H](C(C)(C)OC(C)=O)C[C@@H]12. The van der Waals surface area contributed by atoms with Crippen LogP contribution >= 0.6 is 0 Å². The summed E-state index contributed by atoms with van der Waals surface area (Å²) < 4.78 is 11.2. The lowest BCUT2D eigenvalue weighted by molar-refractivity contribution is -0.171. The number of esters is 2. The van der Waals surface area contributed by atoms with Crippen molar-refractivity contribution in [1.29, 1.82) is 0 Å². The number of rotatable bonds is 3. The maximum Gasteiger partial charge on any atom is 0.303 e. The predicted molar refractivity (Wildman–Crippen MR) is 84.2 cm³/mol. The molecule has 2 fully saturated rings. The molecule has 0 unspecified atom stereocenters. The lowest BCUT2D eigenvalue weighted by atomic mass is 9.55. The summed E-state index contributed by atoms with van der Waals surface area (Å²) in [5.74, 6) is 0.290. The zero-order valence-electron chi connectivity index (χ0n) is 14.6. The Balaban J connectivity index is 2.15. The minimum atomic E-state index is -0.453. The van der Waals surface area contributed by atoms with Crippen molar-refractivity contribution in [3.8, 4) is 0 Å². The second-order valence-corrected chi connectivity index (χ2v) is 7.97. The molecule has 2 aliphatic rings. The van der Waals surface area contributed by atoms with E-state index in [0.717, 1.165) is 32.1 Å². The number of fused-ring (bicyclic) bond motifs is 1. The first-order chi connectivity index (χ1) is 10.1. The van der Waals surface area contributed by atoms with Crippen LogP contribution in [0.15, 0.2) is 0 Å². The second kappa shape index (κ2) is 6.21. The molecule has 0 bridgehead atoms. The lowest BCUT2D eigenvalue weighted by Crippen LogP contribution is -2.50. The summed E-state index contributed by atoms with van der Waals surface area (Å²) in [5.41, 5.74) is -0.202. The van der Waals surface area contributed by atoms with E-state index >= 15 is 0 Å². The minimum absolute atomic E-state index is 0.0205. The Morgan fingerprint density at radius 2 is 1.77 bits per heavy atom. The fourth-order valence-electron chi connectivity index (χ4n) is 4.66. The molecule has 0 amide bonds. The van der Waals surface area contributed by atoms with Gasteiger partial charge in [0.2, 0.25) is 0 Å². The normalized spacial score (nSPS) is 35.4. The van der Waals surface area contributed by atoms with Gasteiger partial charge >= 0.3 is 11.9 Å². The summed E-state index contributed by atoms with van der Waals surface area (Å²) in [7, 11) is 0. The molecule has 0 N–H and O–H groups in total. The summed E-state index contributed by atoms with van der Waals surface area (Å²) in [5, 5.41) is 0. The number of ether oxygens (including phenoxy) is 2. The molecule has 0 aromatic heterocycles. The summed E-state index contributed by atoms with van der Waals surface area (Å²) in [6.07, 6.45) is 6.46. The Kier molecular flexibility index (Phi) is 4.88. The topological polar surface area (TPSA) is 52.6 Å². The molecule has 0 radical (unpaired) electrons. The van der Waals surface area contributed by atoms with Gasteiger partial charge in [0.05, 0.1) is 0 Å². The molecule has 2 rings (SSSR count). The van der Waals surface area contributed by atoms with Crippen molar-refractivity contribution in [2.75, 3.05) is 0 Å². The van der Waals surface area contributed by atoms with Crippen molar-refractivity contribution in [2.24, 2.45) is 17.3 Å². The van der Waals surface area contributed by atoms with Crippen LogP contribution in [0.1, 0.15) is 73.1 Å². The third kappa shape index (κ3) is 3.64. The molecule has 0 aromatic carbocycles. The number of carbonyl (C=O) groups excluding carboxylic acids is 2. The first-order valence-electron chi connectivity index (χ1n) is 8.51. The third-order valence-electron chi connectivity index (χ3n) is 5.89. The standard InChI is InChI=1S/C18H30O4/c1-12(19)21-16-7-6-9-18(5)10-8-14(11-15(16)18)17(3,4)22-13(2)20/h14-16H,6-11H2,1-5H3/t14-,15+,16+,18-/m1/s1. The molecule has 22 heavy (non-hydrogen) atoms. The Labute approximate surface area is 133 Å². The number of hydrogen-bond acceptors (Lipinski definition) is 4. The van der Waals surface area contributed by atoms with Crippen LogP contribution in [0, 0.1) is 17.3 Å². The largest absolute Gasteiger partial charge is 0.462 e. The lowest BCUT2D eigenvalue weighted by Gasteiger charge is -2.52. The van der Waals surface area contributed by atoms with E-state index in [0.29, 0.717) is 11.8 Å². The maximum atomic E-state index is 11.4. The molecule has 0 aliphatic heterocycles. The van der Waals surface area contributed by atoms with Crippen LogP contribution in [0.5, 0.6) is 0 Å². The van der Waals surface area contributed by atoms with Crippen LogP contribution in [0.3, 0.4) is 0 Å². The van der Waals surface area contributed by atoms with Crippen molar-refractivity contribution in [3.05, 3.63) is 0 Å². The smallest absolute Gasteiger partial charge is 0.303 e. The molecule has 0 spiro atoms. The number of carbonyl (C=O) groups is 2. The molecular weight excluding hydrogens is 280 g/mol. The van der Waals surface area contributed by atoms with Crippen molar-refractivity contribution in [1.82, 2.24) is 0 Å². The van der Waals surface area contributed by atoms with Gasteiger partial charge in [-0.25, -0.2) is 0 Å². The van der Waals surface area contributed by atoms with Gasteiger partial charge in [-0.15, -0.1) is 0 Å². The minimum Gasteiger partial charge on any atom is -0.462 e. The van der Waals surface area contributed by atoms with E-state index < -0.39 is 5.60 Å². The second-order valence-electron chi connectivity index (χ2n) is 7.97. The van der Waals surface area contributed by atoms with Gasteiger partial charge in [0.25, 0.3) is 0 Å². The van der Waals surface area contributed by atoms with E-state index in [1.54, 1.807) is 0 Å². The first-order valence-corrected chi connectivity index (χ1v) is 8.51. The van der Waals surface area contributed by atoms with Gasteiger partial charge in [-0.05, 0) is 63.7 Å². The van der Waals surface area contributed by atoms with E-state index in [4.69, 9.17) is 9.47 Å². The fraction of sp³-hybridized carbons (Fsp3) is 0.889. The highest BCUT2D eigenvalue weighted by atomic mass is 16.6. The van der Waals surface area contributed by atoms with E-state index in [-0.39, 0.29) is 23.5 Å². The van der Waals surface area contributed by atoms with Crippen LogP contribution in [-0.2, 0) is 19.1 Å². The summed E-state index contributed by atoms with van der Waals surface area (Å²) in [6.45, 7) is 9.31. The molecule has 4 nitrogen and oxygen atoms in total. The van der Waals surface area contributed by atoms with Gasteiger partial charge in [0.15, 0.2) is 0 Å². The van der Waals surface area contributed by atoms with Gasteiger partial charge < -0.3 is 9.47 Å². The van der Waals surface area contributed by atoms with Gasteiger partial charge in [-0.3, -0.25) is 9.59 Å². The van der Waals surface area contributed by atoms with Gasteiger partial charge in [0, 0.05) is 19.8 Å². The van der Waals surface area contributed by atoms with E-state index in [1.165, 1.54) is 20.3 Å². The van der Waals surface area contributed by atoms with Gasteiger partial charge in [-0.2, -0.15) is 0 Å². The zero-order chi connectivity index (χ0) is 16.5. The predicted octanol–water partition coefficient (Wildman–Crippen LogP) is 3.87. The molecule has 4 heteroatoms. The molecule has 0 heterocycles. The Morgan fingerprint density at radius 1 is 1.09 bits per heavy atom. The third-order valence-corrected chi connectivity index (χ3v) is 5.89. The van der Waals surface area contributed by atoms with E-state index in [1.807, 2.05) is 13.8 Å². The van der Waals surface area contributed by atoms with Crippen LogP contribution in [0.2, 0.25) is 0 Å². The Morgan fingerprint density at radius 3 is 2.36 bits per heavy atom. The summed E-state index contributed by atoms with van der Waals surface area (Å²) >= 11 is 0. The fourth-order valence-corrected chi connectivity index (χ4v) is 4.66. The maximum absolute atomic E-state index is 11.4. The van der Waals surface area contributed by atoms with Crippen molar-refractivity contribution >= 4 is 11.9 Å². The van der Waals surface area contributed by atoms with Gasteiger partial charge in [-0.1, -0.05) is 6.92 Å².